The predicted octanol–water partition coefficient (Wildman–Crippen LogP) is 1.84. The summed E-state index contributed by atoms with van der Waals surface area (Å²) in [5, 5.41) is 11.2. The third-order valence-electron chi connectivity index (χ3n) is 4.32. The molecule has 0 fully saturated rings. The average molecular weight is 407 g/mol. The van der Waals surface area contributed by atoms with Crippen molar-refractivity contribution in [1.82, 2.24) is 24.4 Å². The van der Waals surface area contributed by atoms with Crippen molar-refractivity contribution >= 4 is 23.2 Å². The molecule has 30 heavy (non-hydrogen) atoms. The van der Waals surface area contributed by atoms with Gasteiger partial charge in [0.1, 0.15) is 18.9 Å². The normalized spacial score (nSPS) is 11.0. The summed E-state index contributed by atoms with van der Waals surface area (Å²) in [7, 11) is 1.62. The molecule has 4 rings (SSSR count). The van der Waals surface area contributed by atoms with Gasteiger partial charge in [-0.2, -0.15) is 10.1 Å². The Bertz CT molecular complexity index is 1150. The zero-order chi connectivity index (χ0) is 20.9. The first-order chi connectivity index (χ1) is 14.6. The van der Waals surface area contributed by atoms with Crippen molar-refractivity contribution < 1.29 is 14.3 Å². The summed E-state index contributed by atoms with van der Waals surface area (Å²) in [5.74, 6) is 0.751. The van der Waals surface area contributed by atoms with Crippen LogP contribution in [0.3, 0.4) is 0 Å². The van der Waals surface area contributed by atoms with Crippen LogP contribution < -0.4 is 15.8 Å². The molecule has 0 saturated heterocycles. The highest BCUT2D eigenvalue weighted by molar-refractivity contribution is 5.90. The summed E-state index contributed by atoms with van der Waals surface area (Å²) in [6.07, 6.45) is 5.28. The van der Waals surface area contributed by atoms with Gasteiger partial charge in [0.2, 0.25) is 11.9 Å². The van der Waals surface area contributed by atoms with Gasteiger partial charge in [-0.15, -0.1) is 5.10 Å². The van der Waals surface area contributed by atoms with Crippen LogP contribution in [0.2, 0.25) is 0 Å². The number of rotatable bonds is 8. The Morgan fingerprint density at radius 3 is 2.80 bits per heavy atom. The number of nitrogens with zero attached hydrogens (tertiary/aromatic N) is 5. The fourth-order valence-corrected chi connectivity index (χ4v) is 2.90. The zero-order valence-electron chi connectivity index (χ0n) is 16.4. The minimum absolute atomic E-state index is 0.0895. The van der Waals surface area contributed by atoms with Crippen molar-refractivity contribution in [2.45, 2.75) is 6.54 Å². The fraction of sp³-hybridized carbons (Fsp3) is 0.200. The molecule has 10 heteroatoms. The molecule has 3 N–H and O–H groups in total. The number of pyridine rings is 1. The number of carbonyl (C=O) groups excluding carboxylic acids is 1. The van der Waals surface area contributed by atoms with Gasteiger partial charge < -0.3 is 20.5 Å². The highest BCUT2D eigenvalue weighted by atomic mass is 16.5. The van der Waals surface area contributed by atoms with E-state index in [1.54, 1.807) is 59.2 Å². The van der Waals surface area contributed by atoms with E-state index in [1.807, 2.05) is 12.1 Å². The highest BCUT2D eigenvalue weighted by Gasteiger charge is 2.09. The fourth-order valence-electron chi connectivity index (χ4n) is 2.90. The van der Waals surface area contributed by atoms with Crippen LogP contribution in [0.4, 0.5) is 11.6 Å². The lowest BCUT2D eigenvalue weighted by Gasteiger charge is -2.08. The van der Waals surface area contributed by atoms with E-state index in [2.05, 4.69) is 20.5 Å². The maximum Gasteiger partial charge on any atom is 0.246 e. The Kier molecular flexibility index (Phi) is 5.57. The molecule has 0 aliphatic carbocycles. The van der Waals surface area contributed by atoms with Gasteiger partial charge in [-0.3, -0.25) is 9.48 Å². The molecule has 0 radical (unpaired) electrons. The van der Waals surface area contributed by atoms with E-state index >= 15 is 0 Å². The number of methoxy groups -OCH3 is 1. The monoisotopic (exact) mass is 407 g/mol. The van der Waals surface area contributed by atoms with Crippen LogP contribution in [0.25, 0.3) is 16.8 Å². The minimum Gasteiger partial charge on any atom is -0.491 e. The predicted molar refractivity (Wildman–Crippen MR) is 111 cm³/mol. The second kappa shape index (κ2) is 8.62. The number of ether oxygens (including phenoxy) is 2. The van der Waals surface area contributed by atoms with Crippen LogP contribution in [0.1, 0.15) is 0 Å². The van der Waals surface area contributed by atoms with Crippen LogP contribution in [-0.2, 0) is 16.1 Å². The number of benzene rings is 1. The number of nitrogens with one attached hydrogen (secondary N) is 1. The summed E-state index contributed by atoms with van der Waals surface area (Å²) in [5.41, 5.74) is 8.72. The molecule has 154 valence electrons. The highest BCUT2D eigenvalue weighted by Crippen LogP contribution is 2.20. The molecule has 1 amide bonds. The van der Waals surface area contributed by atoms with E-state index in [4.69, 9.17) is 15.2 Å². The second-order valence-corrected chi connectivity index (χ2v) is 6.53. The number of nitrogen functional groups attached to an aromatic ring is 1. The van der Waals surface area contributed by atoms with Crippen LogP contribution in [0.15, 0.2) is 55.0 Å². The topological polar surface area (TPSA) is 122 Å². The van der Waals surface area contributed by atoms with E-state index in [1.165, 1.54) is 0 Å². The van der Waals surface area contributed by atoms with Gasteiger partial charge in [0.05, 0.1) is 12.8 Å². The molecule has 0 aliphatic heterocycles. The Morgan fingerprint density at radius 2 is 2.00 bits per heavy atom. The number of hydrogen-bond acceptors (Lipinski definition) is 7. The van der Waals surface area contributed by atoms with Crippen molar-refractivity contribution in [2.24, 2.45) is 0 Å². The van der Waals surface area contributed by atoms with Crippen LogP contribution >= 0.6 is 0 Å². The molecule has 0 atom stereocenters. The molecule has 0 bridgehead atoms. The largest absolute Gasteiger partial charge is 0.491 e. The maximum absolute atomic E-state index is 12.3. The zero-order valence-corrected chi connectivity index (χ0v) is 16.4. The summed E-state index contributed by atoms with van der Waals surface area (Å²) in [6.45, 7) is 1.08. The van der Waals surface area contributed by atoms with Gasteiger partial charge in [-0.1, -0.05) is 0 Å². The number of hydrogen-bond donors (Lipinski definition) is 2. The Balaban J connectivity index is 1.36. The number of anilines is 2. The van der Waals surface area contributed by atoms with Crippen molar-refractivity contribution in [3.05, 3.63) is 55.0 Å². The molecule has 0 unspecified atom stereocenters. The molecule has 3 heterocycles. The number of fused-ring (bicyclic) bond motifs is 1. The first-order valence-corrected chi connectivity index (χ1v) is 9.27. The van der Waals surface area contributed by atoms with Gasteiger partial charge in [-0.05, 0) is 42.0 Å². The van der Waals surface area contributed by atoms with E-state index in [0.29, 0.717) is 30.3 Å². The molecule has 3 aromatic heterocycles. The van der Waals surface area contributed by atoms with Crippen LogP contribution in [-0.4, -0.2) is 50.6 Å². The van der Waals surface area contributed by atoms with Crippen LogP contribution in [0.5, 0.6) is 5.75 Å². The molecule has 1 aromatic carbocycles. The first-order valence-electron chi connectivity index (χ1n) is 9.27. The first kappa shape index (κ1) is 19.4. The van der Waals surface area contributed by atoms with Crippen LogP contribution in [0, 0.1) is 0 Å². The van der Waals surface area contributed by atoms with Crippen molar-refractivity contribution in [1.29, 1.82) is 0 Å². The van der Waals surface area contributed by atoms with Crippen molar-refractivity contribution in [3.63, 3.8) is 0 Å². The molecule has 0 spiro atoms. The quantitative estimate of drug-likeness (QED) is 0.427. The number of amides is 1. The van der Waals surface area contributed by atoms with Gasteiger partial charge in [0.25, 0.3) is 0 Å². The lowest BCUT2D eigenvalue weighted by Crippen LogP contribution is -2.18. The van der Waals surface area contributed by atoms with E-state index in [-0.39, 0.29) is 18.4 Å². The van der Waals surface area contributed by atoms with Crippen molar-refractivity contribution in [2.75, 3.05) is 31.4 Å². The third-order valence-corrected chi connectivity index (χ3v) is 4.32. The molecule has 10 nitrogen and oxygen atoms in total. The Morgan fingerprint density at radius 1 is 1.17 bits per heavy atom. The molecule has 4 aromatic rings. The number of aromatic nitrogens is 5. The number of nitrogens with two attached hydrogens (primary N) is 1. The average Bonchev–Trinajstić information content (AvgIpc) is 3.34. The molecule has 0 aliphatic rings. The number of carbonyl (C=O) groups is 1. The summed E-state index contributed by atoms with van der Waals surface area (Å²) in [4.78, 5) is 16.5. The Hall–Kier alpha value is -3.92. The summed E-state index contributed by atoms with van der Waals surface area (Å²) >= 11 is 0. The van der Waals surface area contributed by atoms with E-state index in [0.717, 1.165) is 11.1 Å². The van der Waals surface area contributed by atoms with Gasteiger partial charge in [-0.25, -0.2) is 4.52 Å². The van der Waals surface area contributed by atoms with Gasteiger partial charge >= 0.3 is 0 Å². The van der Waals surface area contributed by atoms with E-state index < -0.39 is 0 Å². The standard InChI is InChI=1S/C20H21N7O3/c1-29-8-9-30-17-4-2-16(3-5-17)23-19(28)13-26-12-15(11-22-26)14-6-7-27-18(10-14)24-20(21)25-27/h2-7,10-12H,8-9,13H2,1H3,(H2,21,25)(H,23,28). The van der Waals surface area contributed by atoms with Crippen molar-refractivity contribution in [3.8, 4) is 16.9 Å². The summed E-state index contributed by atoms with van der Waals surface area (Å²) < 4.78 is 13.6. The third kappa shape index (κ3) is 4.55. The molecule has 0 saturated carbocycles. The summed E-state index contributed by atoms with van der Waals surface area (Å²) in [6, 6.07) is 10.9. The van der Waals surface area contributed by atoms with Gasteiger partial charge in [0, 0.05) is 30.8 Å². The smallest absolute Gasteiger partial charge is 0.246 e. The Labute approximate surface area is 172 Å². The van der Waals surface area contributed by atoms with Gasteiger partial charge in [0.15, 0.2) is 5.65 Å². The molecular weight excluding hydrogens is 386 g/mol. The lowest BCUT2D eigenvalue weighted by atomic mass is 10.1. The second-order valence-electron chi connectivity index (χ2n) is 6.53. The lowest BCUT2D eigenvalue weighted by molar-refractivity contribution is -0.116. The SMILES string of the molecule is COCCOc1ccc(NC(=O)Cn2cc(-c3ccn4nc(N)nc4c3)cn2)cc1. The maximum atomic E-state index is 12.3. The molecular formula is C20H21N7O3. The van der Waals surface area contributed by atoms with E-state index in [9.17, 15) is 4.79 Å². The minimum atomic E-state index is -0.182.